The van der Waals surface area contributed by atoms with Crippen LogP contribution in [0.5, 0.6) is 11.5 Å². The first-order valence-electron chi connectivity index (χ1n) is 12.4. The van der Waals surface area contributed by atoms with E-state index in [1.54, 1.807) is 26.0 Å². The molecule has 0 saturated heterocycles. The summed E-state index contributed by atoms with van der Waals surface area (Å²) in [4.78, 5) is 7.66. The highest BCUT2D eigenvalue weighted by Crippen LogP contribution is 2.51. The van der Waals surface area contributed by atoms with Crippen LogP contribution in [-0.2, 0) is 0 Å². The quantitative estimate of drug-likeness (QED) is 0.334. The molecule has 0 N–H and O–H groups in total. The molecule has 2 aliphatic heterocycles. The Hall–Kier alpha value is -3.41. The lowest BCUT2D eigenvalue weighted by molar-refractivity contribution is 0.410. The lowest BCUT2D eigenvalue weighted by atomic mass is 9.82. The Labute approximate surface area is 227 Å². The van der Waals surface area contributed by atoms with Gasteiger partial charge >= 0.3 is 0 Å². The maximum absolute atomic E-state index is 6.21. The largest absolute Gasteiger partial charge is 0.497 e. The second kappa shape index (κ2) is 10.2. The number of rotatable bonds is 5. The molecule has 3 aliphatic rings. The van der Waals surface area contributed by atoms with E-state index in [0.29, 0.717) is 0 Å². The molecule has 0 radical (unpaired) electrons. The molecule has 6 heteroatoms. The molecule has 37 heavy (non-hydrogen) atoms. The maximum Gasteiger partial charge on any atom is 0.174 e. The number of ether oxygens (including phenoxy) is 2. The maximum atomic E-state index is 6.21. The number of hydrogen-bond acceptors (Lipinski definition) is 5. The first-order chi connectivity index (χ1) is 18.1. The minimum Gasteiger partial charge on any atom is -0.497 e. The topological polar surface area (TPSA) is 34.1 Å². The predicted octanol–water partition coefficient (Wildman–Crippen LogP) is 8.34. The molecule has 2 heterocycles. The van der Waals surface area contributed by atoms with Gasteiger partial charge in [0.25, 0.3) is 0 Å². The zero-order chi connectivity index (χ0) is 25.4. The van der Waals surface area contributed by atoms with Crippen LogP contribution in [0.3, 0.4) is 0 Å². The van der Waals surface area contributed by atoms with Crippen LogP contribution in [0.1, 0.15) is 42.0 Å². The molecule has 3 aromatic rings. The van der Waals surface area contributed by atoms with E-state index >= 15 is 0 Å². The van der Waals surface area contributed by atoms with E-state index in [4.69, 9.17) is 26.1 Å². The second-order valence-corrected chi connectivity index (χ2v) is 10.5. The van der Waals surface area contributed by atoms with Crippen molar-refractivity contribution in [1.82, 2.24) is 4.90 Å². The number of halogens is 1. The van der Waals surface area contributed by atoms with Crippen molar-refractivity contribution in [2.24, 2.45) is 4.99 Å². The predicted molar refractivity (Wildman–Crippen MR) is 154 cm³/mol. The van der Waals surface area contributed by atoms with Crippen molar-refractivity contribution >= 4 is 40.3 Å². The fourth-order valence-electron chi connectivity index (χ4n) is 5.29. The number of allylic oxidation sites excluding steroid dienone is 1. The lowest BCUT2D eigenvalue weighted by Crippen LogP contribution is -2.34. The van der Waals surface area contributed by atoms with Crippen molar-refractivity contribution in [2.75, 3.05) is 14.2 Å². The lowest BCUT2D eigenvalue weighted by Gasteiger charge is -2.40. The van der Waals surface area contributed by atoms with Gasteiger partial charge in [0, 0.05) is 10.4 Å². The van der Waals surface area contributed by atoms with Gasteiger partial charge in [0.05, 0.1) is 31.7 Å². The highest BCUT2D eigenvalue weighted by molar-refractivity contribution is 8.16. The number of benzene rings is 3. The normalized spacial score (nSPS) is 19.8. The summed E-state index contributed by atoms with van der Waals surface area (Å²) >= 11 is 7.89. The number of nitrogens with zero attached hydrogens (tertiary/aromatic N) is 2. The summed E-state index contributed by atoms with van der Waals surface area (Å²) in [7, 11) is 3.43. The van der Waals surface area contributed by atoms with E-state index in [1.165, 1.54) is 16.7 Å². The van der Waals surface area contributed by atoms with Crippen LogP contribution in [0.25, 0.3) is 11.8 Å². The van der Waals surface area contributed by atoms with Crippen molar-refractivity contribution in [3.63, 3.8) is 0 Å². The highest BCUT2D eigenvalue weighted by Gasteiger charge is 2.40. The molecule has 0 bridgehead atoms. The zero-order valence-corrected chi connectivity index (χ0v) is 22.4. The van der Waals surface area contributed by atoms with E-state index < -0.39 is 0 Å². The van der Waals surface area contributed by atoms with Gasteiger partial charge in [0.1, 0.15) is 11.5 Å². The third kappa shape index (κ3) is 4.58. The molecule has 0 saturated carbocycles. The number of thioether (sulfide) groups is 1. The van der Waals surface area contributed by atoms with Crippen molar-refractivity contribution in [1.29, 1.82) is 0 Å². The molecule has 0 amide bonds. The third-order valence-electron chi connectivity index (χ3n) is 7.02. The number of aliphatic imine (C=N–C) groups is 1. The fourth-order valence-corrected chi connectivity index (χ4v) is 6.35. The molecule has 1 atom stereocenters. The average Bonchev–Trinajstić information content (AvgIpc) is 3.36. The Kier molecular flexibility index (Phi) is 6.58. The fraction of sp³-hybridized carbons (Fsp3) is 0.194. The van der Waals surface area contributed by atoms with Gasteiger partial charge in [-0.05, 0) is 89.6 Å². The average molecular weight is 527 g/mol. The second-order valence-electron chi connectivity index (χ2n) is 9.24. The molecule has 6 rings (SSSR count). The Morgan fingerprint density at radius 1 is 0.946 bits per heavy atom. The molecular weight excluding hydrogens is 500 g/mol. The van der Waals surface area contributed by atoms with Crippen LogP contribution in [0.15, 0.2) is 100 Å². The number of hydrogen-bond donors (Lipinski definition) is 0. The summed E-state index contributed by atoms with van der Waals surface area (Å²) in [5, 5.41) is 3.94. The number of amidine groups is 1. The van der Waals surface area contributed by atoms with Gasteiger partial charge in [-0.25, -0.2) is 4.99 Å². The zero-order valence-electron chi connectivity index (χ0n) is 20.8. The standard InChI is InChI=1S/C31H27ClN2O2S/c1-35-25-9-3-6-20(17-25)16-22-7-5-11-27-29(22)33-31-34(30(27)23-8-4-10-26(18-23)36-2)28(19-37-31)21-12-14-24(32)15-13-21/h3-4,6,8-10,12-19,30H,5,7,11H2,1-2H3/b22-16+/t30-/m0/s1. The minimum atomic E-state index is 0.0311. The van der Waals surface area contributed by atoms with Gasteiger partial charge in [-0.3, -0.25) is 0 Å². The number of fused-ring (bicyclic) bond motifs is 1. The third-order valence-corrected chi connectivity index (χ3v) is 8.11. The molecule has 4 nitrogen and oxygen atoms in total. The summed E-state index contributed by atoms with van der Waals surface area (Å²) in [6, 6.07) is 24.7. The van der Waals surface area contributed by atoms with Crippen LogP contribution in [0, 0.1) is 0 Å². The highest BCUT2D eigenvalue weighted by atomic mass is 35.5. The Bertz CT molecular complexity index is 1470. The monoisotopic (exact) mass is 526 g/mol. The first-order valence-corrected chi connectivity index (χ1v) is 13.6. The van der Waals surface area contributed by atoms with Crippen LogP contribution in [0.4, 0.5) is 0 Å². The summed E-state index contributed by atoms with van der Waals surface area (Å²) < 4.78 is 11.1. The smallest absolute Gasteiger partial charge is 0.174 e. The molecule has 0 aromatic heterocycles. The summed E-state index contributed by atoms with van der Waals surface area (Å²) in [6.07, 6.45) is 5.35. The van der Waals surface area contributed by atoms with Gasteiger partial charge in [-0.2, -0.15) is 0 Å². The Balaban J connectivity index is 1.49. The molecule has 186 valence electrons. The Morgan fingerprint density at radius 3 is 2.49 bits per heavy atom. The van der Waals surface area contributed by atoms with Crippen molar-refractivity contribution in [2.45, 2.75) is 25.3 Å². The van der Waals surface area contributed by atoms with Gasteiger partial charge in [0.15, 0.2) is 5.17 Å². The molecule has 0 spiro atoms. The summed E-state index contributed by atoms with van der Waals surface area (Å²) in [6.45, 7) is 0. The summed E-state index contributed by atoms with van der Waals surface area (Å²) in [5.74, 6) is 1.72. The van der Waals surface area contributed by atoms with Crippen LogP contribution >= 0.6 is 23.4 Å². The molecule has 3 aromatic carbocycles. The van der Waals surface area contributed by atoms with E-state index in [9.17, 15) is 0 Å². The van der Waals surface area contributed by atoms with Gasteiger partial charge in [0.2, 0.25) is 0 Å². The van der Waals surface area contributed by atoms with Crippen molar-refractivity contribution in [3.05, 3.63) is 117 Å². The summed E-state index contributed by atoms with van der Waals surface area (Å²) in [5.41, 5.74) is 8.33. The number of methoxy groups -OCH3 is 2. The van der Waals surface area contributed by atoms with E-state index in [1.807, 2.05) is 30.3 Å². The van der Waals surface area contributed by atoms with Crippen LogP contribution in [0.2, 0.25) is 5.02 Å². The van der Waals surface area contributed by atoms with Crippen molar-refractivity contribution in [3.8, 4) is 11.5 Å². The molecular formula is C31H27ClN2O2S. The van der Waals surface area contributed by atoms with E-state index in [2.05, 4.69) is 58.8 Å². The SMILES string of the molecule is COc1cccc(/C=C2\CCCC3=C2N=C2SC=C(c4ccc(Cl)cc4)N2[C@H]3c2cccc(OC)c2)c1. The van der Waals surface area contributed by atoms with Gasteiger partial charge in [-0.1, -0.05) is 59.8 Å². The minimum absolute atomic E-state index is 0.0311. The van der Waals surface area contributed by atoms with Crippen LogP contribution in [-0.4, -0.2) is 24.3 Å². The van der Waals surface area contributed by atoms with E-state index in [-0.39, 0.29) is 6.04 Å². The van der Waals surface area contributed by atoms with Gasteiger partial charge in [-0.15, -0.1) is 0 Å². The molecule has 1 aliphatic carbocycles. The van der Waals surface area contributed by atoms with Crippen LogP contribution < -0.4 is 9.47 Å². The van der Waals surface area contributed by atoms with Gasteiger partial charge < -0.3 is 14.4 Å². The molecule has 0 unspecified atom stereocenters. The van der Waals surface area contributed by atoms with Crippen molar-refractivity contribution < 1.29 is 9.47 Å². The van der Waals surface area contributed by atoms with E-state index in [0.717, 1.165) is 63.5 Å². The Morgan fingerprint density at radius 2 is 1.70 bits per heavy atom. The molecule has 0 fully saturated rings. The first kappa shape index (κ1) is 24.0.